The first-order valence-corrected chi connectivity index (χ1v) is 8.02. The minimum Gasteiger partial charge on any atom is -0.480 e. The molecule has 0 aliphatic heterocycles. The summed E-state index contributed by atoms with van der Waals surface area (Å²) in [6, 6.07) is 6.02. The van der Waals surface area contributed by atoms with Gasteiger partial charge in [-0.05, 0) is 24.3 Å². The lowest BCUT2D eigenvalue weighted by Gasteiger charge is -2.20. The second kappa shape index (κ2) is 5.81. The highest BCUT2D eigenvalue weighted by molar-refractivity contribution is 6.31. The number of hydrogen-bond acceptors (Lipinski definition) is 3. The molecule has 0 radical (unpaired) electrons. The number of aromatic nitrogens is 2. The SMILES string of the molecule is CC(C)(C)c1ccc2c(=O)c3ccc(Cl)c(F)c3n(CC(=O)O)c2n1. The van der Waals surface area contributed by atoms with Gasteiger partial charge in [0.1, 0.15) is 12.2 Å². The monoisotopic (exact) mass is 362 g/mol. The van der Waals surface area contributed by atoms with Crippen LogP contribution in [0.15, 0.2) is 29.1 Å². The van der Waals surface area contributed by atoms with Crippen molar-refractivity contribution in [1.82, 2.24) is 9.55 Å². The molecule has 130 valence electrons. The maximum atomic E-state index is 14.6. The summed E-state index contributed by atoms with van der Waals surface area (Å²) < 4.78 is 15.8. The molecule has 25 heavy (non-hydrogen) atoms. The van der Waals surface area contributed by atoms with E-state index in [9.17, 15) is 19.1 Å². The van der Waals surface area contributed by atoms with Crippen LogP contribution in [0.1, 0.15) is 26.5 Å². The number of halogens is 2. The van der Waals surface area contributed by atoms with Gasteiger partial charge in [-0.15, -0.1) is 0 Å². The molecule has 3 aromatic rings. The van der Waals surface area contributed by atoms with Crippen LogP contribution < -0.4 is 5.43 Å². The molecule has 0 aliphatic carbocycles. The third kappa shape index (κ3) is 2.87. The normalized spacial score (nSPS) is 12.0. The standard InChI is InChI=1S/C18H16ClFN2O3/c1-18(2,3)12-7-5-10-16(25)9-4-6-11(19)14(20)15(9)22(8-13(23)24)17(10)21-12/h4-7H,8H2,1-3H3,(H,23,24). The van der Waals surface area contributed by atoms with Gasteiger partial charge in [0, 0.05) is 16.5 Å². The van der Waals surface area contributed by atoms with E-state index in [1.807, 2.05) is 20.8 Å². The zero-order valence-corrected chi connectivity index (χ0v) is 14.7. The van der Waals surface area contributed by atoms with Crippen LogP contribution in [0.3, 0.4) is 0 Å². The summed E-state index contributed by atoms with van der Waals surface area (Å²) in [4.78, 5) is 28.5. The number of carboxylic acid groups (broad SMARTS) is 1. The molecule has 0 bridgehead atoms. The van der Waals surface area contributed by atoms with E-state index < -0.39 is 23.8 Å². The topological polar surface area (TPSA) is 72.2 Å². The van der Waals surface area contributed by atoms with Crippen LogP contribution in [0.2, 0.25) is 5.02 Å². The number of pyridine rings is 2. The predicted octanol–water partition coefficient (Wildman–Crippen LogP) is 3.72. The van der Waals surface area contributed by atoms with Crippen molar-refractivity contribution in [3.63, 3.8) is 0 Å². The van der Waals surface area contributed by atoms with Crippen LogP contribution in [-0.4, -0.2) is 20.6 Å². The van der Waals surface area contributed by atoms with Crippen molar-refractivity contribution in [3.8, 4) is 0 Å². The van der Waals surface area contributed by atoms with Crippen molar-refractivity contribution in [3.05, 3.63) is 51.0 Å². The molecule has 3 rings (SSSR count). The third-order valence-corrected chi connectivity index (χ3v) is 4.31. The molecule has 0 saturated heterocycles. The van der Waals surface area contributed by atoms with Gasteiger partial charge in [0.2, 0.25) is 0 Å². The van der Waals surface area contributed by atoms with Crippen molar-refractivity contribution < 1.29 is 14.3 Å². The zero-order chi connectivity index (χ0) is 18.5. The molecule has 0 amide bonds. The van der Waals surface area contributed by atoms with Gasteiger partial charge in [-0.2, -0.15) is 0 Å². The molecule has 2 heterocycles. The van der Waals surface area contributed by atoms with Gasteiger partial charge in [-0.1, -0.05) is 32.4 Å². The molecule has 2 aromatic heterocycles. The van der Waals surface area contributed by atoms with E-state index in [2.05, 4.69) is 4.98 Å². The maximum absolute atomic E-state index is 14.6. The van der Waals surface area contributed by atoms with E-state index in [0.717, 1.165) is 0 Å². The first-order chi connectivity index (χ1) is 11.6. The van der Waals surface area contributed by atoms with Crippen LogP contribution >= 0.6 is 11.6 Å². The molecular weight excluding hydrogens is 347 g/mol. The van der Waals surface area contributed by atoms with Crippen LogP contribution in [0.5, 0.6) is 0 Å². The summed E-state index contributed by atoms with van der Waals surface area (Å²) in [6.45, 7) is 5.29. The molecule has 0 unspecified atom stereocenters. The van der Waals surface area contributed by atoms with E-state index in [0.29, 0.717) is 5.69 Å². The molecule has 0 saturated carbocycles. The van der Waals surface area contributed by atoms with Crippen LogP contribution in [0, 0.1) is 5.82 Å². The van der Waals surface area contributed by atoms with Gasteiger partial charge < -0.3 is 9.67 Å². The van der Waals surface area contributed by atoms with Gasteiger partial charge in [-0.3, -0.25) is 9.59 Å². The molecule has 0 aliphatic rings. The van der Waals surface area contributed by atoms with Gasteiger partial charge in [-0.25, -0.2) is 9.37 Å². The number of rotatable bonds is 2. The largest absolute Gasteiger partial charge is 0.480 e. The number of nitrogens with zero attached hydrogens (tertiary/aromatic N) is 2. The Morgan fingerprint density at radius 2 is 1.88 bits per heavy atom. The summed E-state index contributed by atoms with van der Waals surface area (Å²) in [5, 5.41) is 9.39. The number of carboxylic acids is 1. The van der Waals surface area contributed by atoms with Crippen molar-refractivity contribution in [2.75, 3.05) is 0 Å². The first kappa shape index (κ1) is 17.4. The quantitative estimate of drug-likeness (QED) is 0.705. The maximum Gasteiger partial charge on any atom is 0.323 e. The first-order valence-electron chi connectivity index (χ1n) is 7.65. The van der Waals surface area contributed by atoms with E-state index in [1.54, 1.807) is 12.1 Å². The Bertz CT molecular complexity index is 1080. The number of carbonyl (C=O) groups is 1. The molecular formula is C18H16ClFN2O3. The second-order valence-corrected chi connectivity index (χ2v) is 7.29. The second-order valence-electron chi connectivity index (χ2n) is 6.88. The van der Waals surface area contributed by atoms with Gasteiger partial charge in [0.05, 0.1) is 15.9 Å². The van der Waals surface area contributed by atoms with Gasteiger partial charge in [0.25, 0.3) is 0 Å². The molecule has 1 aromatic carbocycles. The molecule has 0 fully saturated rings. The minimum absolute atomic E-state index is 0.0703. The van der Waals surface area contributed by atoms with Crippen LogP contribution in [0.25, 0.3) is 21.9 Å². The fourth-order valence-corrected chi connectivity index (χ4v) is 2.93. The number of aliphatic carboxylic acids is 1. The number of hydrogen-bond donors (Lipinski definition) is 1. The highest BCUT2D eigenvalue weighted by Gasteiger charge is 2.21. The average molecular weight is 363 g/mol. The number of fused-ring (bicyclic) bond motifs is 2. The van der Waals surface area contributed by atoms with E-state index in [1.165, 1.54) is 16.7 Å². The summed E-state index contributed by atoms with van der Waals surface area (Å²) in [6.07, 6.45) is 0. The molecule has 0 atom stereocenters. The summed E-state index contributed by atoms with van der Waals surface area (Å²) in [7, 11) is 0. The Morgan fingerprint density at radius 1 is 1.24 bits per heavy atom. The van der Waals surface area contributed by atoms with Crippen molar-refractivity contribution in [1.29, 1.82) is 0 Å². The summed E-state index contributed by atoms with van der Waals surface area (Å²) in [5.41, 5.74) is -0.0740. The lowest BCUT2D eigenvalue weighted by molar-refractivity contribution is -0.137. The van der Waals surface area contributed by atoms with Crippen molar-refractivity contribution in [2.45, 2.75) is 32.7 Å². The molecule has 1 N–H and O–H groups in total. The smallest absolute Gasteiger partial charge is 0.323 e. The zero-order valence-electron chi connectivity index (χ0n) is 13.9. The third-order valence-electron chi connectivity index (χ3n) is 4.02. The fourth-order valence-electron chi connectivity index (χ4n) is 2.78. The number of benzene rings is 1. The predicted molar refractivity (Wildman–Crippen MR) is 94.8 cm³/mol. The minimum atomic E-state index is -1.17. The Kier molecular flexibility index (Phi) is 4.03. The van der Waals surface area contributed by atoms with Crippen molar-refractivity contribution in [2.24, 2.45) is 0 Å². The Balaban J connectivity index is 2.58. The summed E-state index contributed by atoms with van der Waals surface area (Å²) >= 11 is 5.85. The Hall–Kier alpha value is -2.47. The lowest BCUT2D eigenvalue weighted by atomic mass is 9.91. The van der Waals surface area contributed by atoms with Crippen molar-refractivity contribution >= 4 is 39.5 Å². The van der Waals surface area contributed by atoms with E-state index in [4.69, 9.17) is 11.6 Å². The van der Waals surface area contributed by atoms with Gasteiger partial charge >= 0.3 is 5.97 Å². The fraction of sp³-hybridized carbons (Fsp3) is 0.278. The van der Waals surface area contributed by atoms with Gasteiger partial charge in [0.15, 0.2) is 11.2 Å². The van der Waals surface area contributed by atoms with E-state index in [-0.39, 0.29) is 32.4 Å². The lowest BCUT2D eigenvalue weighted by Crippen LogP contribution is -2.20. The highest BCUT2D eigenvalue weighted by atomic mass is 35.5. The van der Waals surface area contributed by atoms with E-state index >= 15 is 0 Å². The molecule has 0 spiro atoms. The molecule has 7 heteroatoms. The van der Waals surface area contributed by atoms with Crippen LogP contribution in [0.4, 0.5) is 4.39 Å². The highest BCUT2D eigenvalue weighted by Crippen LogP contribution is 2.28. The Labute approximate surface area is 147 Å². The average Bonchev–Trinajstić information content (AvgIpc) is 2.52. The molecule has 5 nitrogen and oxygen atoms in total. The van der Waals surface area contributed by atoms with Crippen LogP contribution in [-0.2, 0) is 16.8 Å². The summed E-state index contributed by atoms with van der Waals surface area (Å²) in [5.74, 6) is -2.00. The Morgan fingerprint density at radius 3 is 2.48 bits per heavy atom.